The van der Waals surface area contributed by atoms with Gasteiger partial charge in [0.05, 0.1) is 19.3 Å². The molecular formula is C18H23NO2. The van der Waals surface area contributed by atoms with Gasteiger partial charge in [0.1, 0.15) is 6.10 Å². The van der Waals surface area contributed by atoms with Crippen LogP contribution >= 0.6 is 0 Å². The number of aliphatic hydroxyl groups is 1. The Labute approximate surface area is 126 Å². The maximum Gasteiger partial charge on any atom is 0.101 e. The van der Waals surface area contributed by atoms with Gasteiger partial charge in [0.25, 0.3) is 0 Å². The number of hydrogen-bond acceptors (Lipinski definition) is 2. The average molecular weight is 285 g/mol. The molecule has 3 heteroatoms. The third-order valence-corrected chi connectivity index (χ3v) is 4.22. The maximum absolute atomic E-state index is 10.1. The quantitative estimate of drug-likeness (QED) is 0.933. The lowest BCUT2D eigenvalue weighted by atomic mass is 9.97. The Balaban J connectivity index is 1.76. The molecule has 1 N–H and O–H groups in total. The van der Waals surface area contributed by atoms with E-state index >= 15 is 0 Å². The van der Waals surface area contributed by atoms with Gasteiger partial charge in [-0.25, -0.2) is 0 Å². The van der Waals surface area contributed by atoms with Crippen molar-refractivity contribution in [3.05, 3.63) is 59.4 Å². The number of benzene rings is 1. The van der Waals surface area contributed by atoms with Gasteiger partial charge in [-0.2, -0.15) is 0 Å². The van der Waals surface area contributed by atoms with Crippen LogP contribution in [0.2, 0.25) is 0 Å². The topological polar surface area (TPSA) is 34.4 Å². The number of aliphatic hydroxyl groups excluding tert-OH is 1. The fourth-order valence-corrected chi connectivity index (χ4v) is 2.95. The van der Waals surface area contributed by atoms with Crippen LogP contribution in [0, 0.1) is 5.92 Å². The van der Waals surface area contributed by atoms with E-state index in [-0.39, 0.29) is 12.0 Å². The fourth-order valence-electron chi connectivity index (χ4n) is 2.95. The Hall–Kier alpha value is -1.58. The van der Waals surface area contributed by atoms with E-state index in [1.54, 1.807) is 0 Å². The van der Waals surface area contributed by atoms with Crippen LogP contribution in [0.15, 0.2) is 42.7 Å². The van der Waals surface area contributed by atoms with Gasteiger partial charge in [-0.3, -0.25) is 0 Å². The van der Waals surface area contributed by atoms with Crippen LogP contribution in [-0.2, 0) is 17.7 Å². The Morgan fingerprint density at radius 3 is 2.90 bits per heavy atom. The number of ether oxygens (including phenoxy) is 1. The van der Waals surface area contributed by atoms with Crippen molar-refractivity contribution in [3.63, 3.8) is 0 Å². The van der Waals surface area contributed by atoms with Crippen molar-refractivity contribution in [2.75, 3.05) is 6.61 Å². The SMILES string of the molecule is CC(C)C(O)c1ccn(CC2OCCc3ccccc32)c1. The molecule has 0 aliphatic carbocycles. The summed E-state index contributed by atoms with van der Waals surface area (Å²) < 4.78 is 8.06. The molecule has 0 saturated heterocycles. The molecule has 0 amide bonds. The Bertz CT molecular complexity index is 603. The minimum Gasteiger partial charge on any atom is -0.388 e. The zero-order valence-electron chi connectivity index (χ0n) is 12.7. The van der Waals surface area contributed by atoms with Gasteiger partial charge in [-0.1, -0.05) is 38.1 Å². The van der Waals surface area contributed by atoms with Gasteiger partial charge in [0.15, 0.2) is 0 Å². The standard InChI is InChI=1S/C18H23NO2/c1-13(2)18(20)15-7-9-19(11-15)12-17-16-6-4-3-5-14(16)8-10-21-17/h3-7,9,11,13,17-18,20H,8,10,12H2,1-2H3. The van der Waals surface area contributed by atoms with Crippen molar-refractivity contribution >= 4 is 0 Å². The van der Waals surface area contributed by atoms with Crippen LogP contribution in [0.1, 0.15) is 42.7 Å². The summed E-state index contributed by atoms with van der Waals surface area (Å²) in [6, 6.07) is 10.5. The van der Waals surface area contributed by atoms with Gasteiger partial charge in [-0.15, -0.1) is 0 Å². The van der Waals surface area contributed by atoms with Gasteiger partial charge < -0.3 is 14.4 Å². The summed E-state index contributed by atoms with van der Waals surface area (Å²) in [7, 11) is 0. The van der Waals surface area contributed by atoms with Crippen LogP contribution in [-0.4, -0.2) is 16.3 Å². The van der Waals surface area contributed by atoms with Crippen molar-refractivity contribution in [2.24, 2.45) is 5.92 Å². The highest BCUT2D eigenvalue weighted by Gasteiger charge is 2.21. The summed E-state index contributed by atoms with van der Waals surface area (Å²) >= 11 is 0. The van der Waals surface area contributed by atoms with Crippen LogP contribution in [0.3, 0.4) is 0 Å². The first kappa shape index (κ1) is 14.4. The lowest BCUT2D eigenvalue weighted by Crippen LogP contribution is -2.20. The zero-order valence-corrected chi connectivity index (χ0v) is 12.7. The van der Waals surface area contributed by atoms with E-state index < -0.39 is 6.10 Å². The summed E-state index contributed by atoms with van der Waals surface area (Å²) in [4.78, 5) is 0. The number of nitrogens with zero attached hydrogens (tertiary/aromatic N) is 1. The summed E-state index contributed by atoms with van der Waals surface area (Å²) in [6.07, 6.45) is 4.76. The van der Waals surface area contributed by atoms with E-state index in [9.17, 15) is 5.11 Å². The molecule has 21 heavy (non-hydrogen) atoms. The van der Waals surface area contributed by atoms with Gasteiger partial charge in [0, 0.05) is 12.4 Å². The van der Waals surface area contributed by atoms with Crippen molar-refractivity contribution in [3.8, 4) is 0 Å². The number of hydrogen-bond donors (Lipinski definition) is 1. The zero-order chi connectivity index (χ0) is 14.8. The molecule has 1 aromatic carbocycles. The van der Waals surface area contributed by atoms with E-state index in [4.69, 9.17) is 4.74 Å². The van der Waals surface area contributed by atoms with Crippen LogP contribution in [0.5, 0.6) is 0 Å². The number of aromatic nitrogens is 1. The molecule has 0 spiro atoms. The lowest BCUT2D eigenvalue weighted by molar-refractivity contribution is 0.0305. The second-order valence-corrected chi connectivity index (χ2v) is 6.14. The van der Waals surface area contributed by atoms with Gasteiger partial charge in [0.2, 0.25) is 0 Å². The third kappa shape index (κ3) is 3.04. The smallest absolute Gasteiger partial charge is 0.101 e. The molecule has 0 fully saturated rings. The van der Waals surface area contributed by atoms with Gasteiger partial charge >= 0.3 is 0 Å². The number of rotatable bonds is 4. The molecular weight excluding hydrogens is 262 g/mol. The predicted molar refractivity (Wildman–Crippen MR) is 83.1 cm³/mol. The molecule has 0 bridgehead atoms. The highest BCUT2D eigenvalue weighted by molar-refractivity contribution is 5.31. The predicted octanol–water partition coefficient (Wildman–Crippen LogP) is 3.49. The lowest BCUT2D eigenvalue weighted by Gasteiger charge is -2.26. The van der Waals surface area contributed by atoms with E-state index in [2.05, 4.69) is 28.8 Å². The van der Waals surface area contributed by atoms with Crippen molar-refractivity contribution in [2.45, 2.75) is 39.0 Å². The van der Waals surface area contributed by atoms with E-state index in [1.807, 2.05) is 32.3 Å². The number of fused-ring (bicyclic) bond motifs is 1. The Morgan fingerprint density at radius 2 is 2.10 bits per heavy atom. The molecule has 1 aliphatic rings. The first-order valence-electron chi connectivity index (χ1n) is 7.68. The van der Waals surface area contributed by atoms with Crippen LogP contribution < -0.4 is 0 Å². The van der Waals surface area contributed by atoms with Crippen LogP contribution in [0.4, 0.5) is 0 Å². The minimum absolute atomic E-state index is 0.103. The maximum atomic E-state index is 10.1. The summed E-state index contributed by atoms with van der Waals surface area (Å²) in [5.41, 5.74) is 3.67. The first-order chi connectivity index (χ1) is 10.1. The second kappa shape index (κ2) is 6.04. The normalized spacial score (nSPS) is 19.5. The molecule has 0 radical (unpaired) electrons. The minimum atomic E-state index is -0.397. The molecule has 2 aromatic rings. The summed E-state index contributed by atoms with van der Waals surface area (Å²) in [5.74, 6) is 0.229. The first-order valence-corrected chi connectivity index (χ1v) is 7.68. The van der Waals surface area contributed by atoms with E-state index in [0.717, 1.165) is 25.1 Å². The largest absolute Gasteiger partial charge is 0.388 e. The monoisotopic (exact) mass is 285 g/mol. The molecule has 2 heterocycles. The highest BCUT2D eigenvalue weighted by atomic mass is 16.5. The second-order valence-electron chi connectivity index (χ2n) is 6.14. The molecule has 112 valence electrons. The Kier molecular flexibility index (Phi) is 4.13. The summed E-state index contributed by atoms with van der Waals surface area (Å²) in [6.45, 7) is 5.64. The molecule has 1 aliphatic heterocycles. The van der Waals surface area contributed by atoms with E-state index in [1.165, 1.54) is 11.1 Å². The Morgan fingerprint density at radius 1 is 1.29 bits per heavy atom. The van der Waals surface area contributed by atoms with Gasteiger partial charge in [-0.05, 0) is 35.1 Å². The molecule has 3 nitrogen and oxygen atoms in total. The molecule has 2 unspecified atom stereocenters. The molecule has 1 aromatic heterocycles. The molecule has 3 rings (SSSR count). The van der Waals surface area contributed by atoms with Crippen molar-refractivity contribution in [1.29, 1.82) is 0 Å². The third-order valence-electron chi connectivity index (χ3n) is 4.22. The van der Waals surface area contributed by atoms with Crippen LogP contribution in [0.25, 0.3) is 0 Å². The molecule has 0 saturated carbocycles. The fraction of sp³-hybridized carbons (Fsp3) is 0.444. The average Bonchev–Trinajstić information content (AvgIpc) is 2.95. The molecule has 2 atom stereocenters. The highest BCUT2D eigenvalue weighted by Crippen LogP contribution is 2.29. The van der Waals surface area contributed by atoms with Crippen molar-refractivity contribution < 1.29 is 9.84 Å². The summed E-state index contributed by atoms with van der Waals surface area (Å²) in [5, 5.41) is 10.1. The van der Waals surface area contributed by atoms with E-state index in [0.29, 0.717) is 0 Å². The van der Waals surface area contributed by atoms with Crippen molar-refractivity contribution in [1.82, 2.24) is 4.57 Å².